The van der Waals surface area contributed by atoms with Crippen molar-refractivity contribution in [3.05, 3.63) is 35.6 Å². The highest BCUT2D eigenvalue weighted by molar-refractivity contribution is 5.40. The van der Waals surface area contributed by atoms with Crippen LogP contribution in [-0.4, -0.2) is 59.4 Å². The minimum atomic E-state index is -4.36. The lowest BCUT2D eigenvalue weighted by atomic mass is 10.0. The number of hydrogen-bond donors (Lipinski definition) is 0. The van der Waals surface area contributed by atoms with Gasteiger partial charge in [0.1, 0.15) is 5.82 Å². The minimum absolute atomic E-state index is 0.276. The van der Waals surface area contributed by atoms with E-state index in [9.17, 15) is 13.2 Å². The summed E-state index contributed by atoms with van der Waals surface area (Å²) < 4.78 is 48.7. The summed E-state index contributed by atoms with van der Waals surface area (Å²) in [6, 6.07) is 2.50. The molecule has 0 spiro atoms. The lowest BCUT2D eigenvalue weighted by molar-refractivity contribution is -0.137. The van der Waals surface area contributed by atoms with Crippen LogP contribution in [0, 0.1) is 0 Å². The second-order valence-electron chi connectivity index (χ2n) is 7.10. The molecule has 2 aliphatic heterocycles. The number of aromatic nitrogens is 3. The van der Waals surface area contributed by atoms with E-state index in [-0.39, 0.29) is 5.92 Å². The Kier molecular flexibility index (Phi) is 5.49. The molecule has 28 heavy (non-hydrogen) atoms. The molecular weight excluding hydrogens is 375 g/mol. The van der Waals surface area contributed by atoms with Crippen LogP contribution in [0.25, 0.3) is 0 Å². The van der Waals surface area contributed by atoms with E-state index in [0.29, 0.717) is 37.2 Å². The van der Waals surface area contributed by atoms with Crippen LogP contribution in [0.15, 0.2) is 22.9 Å². The van der Waals surface area contributed by atoms with E-state index in [0.717, 1.165) is 51.4 Å². The molecule has 2 aliphatic rings. The van der Waals surface area contributed by atoms with E-state index in [1.165, 1.54) is 6.07 Å². The molecule has 0 bridgehead atoms. The fourth-order valence-corrected chi connectivity index (χ4v) is 3.52. The third kappa shape index (κ3) is 4.44. The van der Waals surface area contributed by atoms with Gasteiger partial charge >= 0.3 is 6.18 Å². The molecule has 0 amide bonds. The Morgan fingerprint density at radius 2 is 1.82 bits per heavy atom. The summed E-state index contributed by atoms with van der Waals surface area (Å²) in [5, 5.41) is 4.09. The first-order valence-corrected chi connectivity index (χ1v) is 9.40. The molecule has 0 saturated carbocycles. The van der Waals surface area contributed by atoms with Gasteiger partial charge in [0.2, 0.25) is 5.89 Å². The molecule has 0 atom stereocenters. The van der Waals surface area contributed by atoms with E-state index < -0.39 is 11.7 Å². The highest BCUT2D eigenvalue weighted by Gasteiger charge is 2.31. The van der Waals surface area contributed by atoms with Crippen molar-refractivity contribution < 1.29 is 22.4 Å². The monoisotopic (exact) mass is 397 g/mol. The summed E-state index contributed by atoms with van der Waals surface area (Å²) in [4.78, 5) is 12.7. The zero-order valence-electron chi connectivity index (χ0n) is 15.4. The first kappa shape index (κ1) is 19.1. The Morgan fingerprint density at radius 1 is 1.07 bits per heavy atom. The maximum absolute atomic E-state index is 12.7. The van der Waals surface area contributed by atoms with Crippen molar-refractivity contribution in [3.8, 4) is 0 Å². The zero-order valence-corrected chi connectivity index (χ0v) is 15.4. The molecule has 2 aromatic rings. The van der Waals surface area contributed by atoms with Crippen molar-refractivity contribution in [2.75, 3.05) is 44.3 Å². The van der Waals surface area contributed by atoms with Crippen LogP contribution in [0.2, 0.25) is 0 Å². The first-order valence-electron chi connectivity index (χ1n) is 9.40. The van der Waals surface area contributed by atoms with E-state index in [2.05, 4.69) is 20.0 Å². The van der Waals surface area contributed by atoms with E-state index >= 15 is 0 Å². The Bertz CT molecular complexity index is 766. The molecule has 2 aromatic heterocycles. The van der Waals surface area contributed by atoms with Crippen LogP contribution in [0.5, 0.6) is 0 Å². The zero-order chi connectivity index (χ0) is 19.6. The Morgan fingerprint density at radius 3 is 2.46 bits per heavy atom. The molecule has 0 aromatic carbocycles. The van der Waals surface area contributed by atoms with Crippen molar-refractivity contribution in [1.82, 2.24) is 20.0 Å². The van der Waals surface area contributed by atoms with Gasteiger partial charge in [-0.2, -0.15) is 18.2 Å². The summed E-state index contributed by atoms with van der Waals surface area (Å²) in [5.41, 5.74) is -0.729. The molecule has 2 fully saturated rings. The standard InChI is InChI=1S/C18H22F3N5O2/c19-18(20,21)14-1-2-16(22-11-14)26-7-5-25(6-8-26)12-15-23-17(28-24-15)13-3-9-27-10-4-13/h1-2,11,13H,3-10,12H2. The number of alkyl halides is 3. The van der Waals surface area contributed by atoms with E-state index in [1.807, 2.05) is 4.90 Å². The summed E-state index contributed by atoms with van der Waals surface area (Å²) in [6.45, 7) is 4.92. The van der Waals surface area contributed by atoms with Gasteiger partial charge in [-0.05, 0) is 25.0 Å². The average molecular weight is 397 g/mol. The van der Waals surface area contributed by atoms with Crippen molar-refractivity contribution >= 4 is 5.82 Å². The van der Waals surface area contributed by atoms with Gasteiger partial charge in [0.15, 0.2) is 5.82 Å². The molecule has 10 heteroatoms. The van der Waals surface area contributed by atoms with Crippen molar-refractivity contribution in [3.63, 3.8) is 0 Å². The quantitative estimate of drug-likeness (QED) is 0.786. The highest BCUT2D eigenvalue weighted by Crippen LogP contribution is 2.29. The van der Waals surface area contributed by atoms with Crippen molar-refractivity contribution in [2.45, 2.75) is 31.5 Å². The maximum atomic E-state index is 12.7. The van der Waals surface area contributed by atoms with Crippen LogP contribution in [0.4, 0.5) is 19.0 Å². The van der Waals surface area contributed by atoms with Gasteiger partial charge in [-0.15, -0.1) is 0 Å². The fraction of sp³-hybridized carbons (Fsp3) is 0.611. The molecular formula is C18H22F3N5O2. The Hall–Kier alpha value is -2.20. The van der Waals surface area contributed by atoms with Crippen LogP contribution >= 0.6 is 0 Å². The summed E-state index contributed by atoms with van der Waals surface area (Å²) in [7, 11) is 0. The van der Waals surface area contributed by atoms with Gasteiger partial charge in [0.25, 0.3) is 0 Å². The molecule has 152 valence electrons. The Balaban J connectivity index is 1.29. The second kappa shape index (κ2) is 8.04. The molecule has 0 N–H and O–H groups in total. The highest BCUT2D eigenvalue weighted by atomic mass is 19.4. The van der Waals surface area contributed by atoms with Crippen molar-refractivity contribution in [2.24, 2.45) is 0 Å². The van der Waals surface area contributed by atoms with Crippen LogP contribution in [-0.2, 0) is 17.5 Å². The van der Waals surface area contributed by atoms with Crippen LogP contribution in [0.1, 0.15) is 36.0 Å². The molecule has 0 aliphatic carbocycles. The molecule has 2 saturated heterocycles. The molecule has 4 rings (SSSR count). The van der Waals surface area contributed by atoms with Gasteiger partial charge in [-0.25, -0.2) is 4.98 Å². The topological polar surface area (TPSA) is 67.5 Å². The number of rotatable bonds is 4. The van der Waals surface area contributed by atoms with Crippen LogP contribution < -0.4 is 4.90 Å². The minimum Gasteiger partial charge on any atom is -0.381 e. The van der Waals surface area contributed by atoms with Gasteiger partial charge < -0.3 is 14.2 Å². The Labute approximate surface area is 160 Å². The number of hydrogen-bond acceptors (Lipinski definition) is 7. The number of anilines is 1. The van der Waals surface area contributed by atoms with Gasteiger partial charge in [0.05, 0.1) is 12.1 Å². The lowest BCUT2D eigenvalue weighted by Crippen LogP contribution is -2.46. The summed E-state index contributed by atoms with van der Waals surface area (Å²) in [5.74, 6) is 2.19. The number of piperazine rings is 1. The second-order valence-corrected chi connectivity index (χ2v) is 7.10. The summed E-state index contributed by atoms with van der Waals surface area (Å²) >= 11 is 0. The normalized spacial score (nSPS) is 19.9. The van der Waals surface area contributed by atoms with Crippen LogP contribution in [0.3, 0.4) is 0 Å². The lowest BCUT2D eigenvalue weighted by Gasteiger charge is -2.34. The summed E-state index contributed by atoms with van der Waals surface area (Å²) in [6.07, 6.45) is -1.67. The predicted octanol–water partition coefficient (Wildman–Crippen LogP) is 2.70. The maximum Gasteiger partial charge on any atom is 0.417 e. The first-order chi connectivity index (χ1) is 13.5. The SMILES string of the molecule is FC(F)(F)c1ccc(N2CCN(Cc3noc(C4CCOCC4)n3)CC2)nc1. The molecule has 4 heterocycles. The van der Waals surface area contributed by atoms with E-state index in [1.54, 1.807) is 0 Å². The number of halogens is 3. The largest absolute Gasteiger partial charge is 0.417 e. The third-order valence-electron chi connectivity index (χ3n) is 5.19. The van der Waals surface area contributed by atoms with Gasteiger partial charge in [0, 0.05) is 51.5 Å². The van der Waals surface area contributed by atoms with E-state index in [4.69, 9.17) is 9.26 Å². The number of ether oxygens (including phenoxy) is 1. The fourth-order valence-electron chi connectivity index (χ4n) is 3.52. The smallest absolute Gasteiger partial charge is 0.381 e. The molecule has 7 nitrogen and oxygen atoms in total. The van der Waals surface area contributed by atoms with Gasteiger partial charge in [-0.3, -0.25) is 4.90 Å². The van der Waals surface area contributed by atoms with Crippen molar-refractivity contribution in [1.29, 1.82) is 0 Å². The molecule has 0 radical (unpaired) electrons. The number of pyridine rings is 1. The predicted molar refractivity (Wildman–Crippen MR) is 93.8 cm³/mol. The van der Waals surface area contributed by atoms with Gasteiger partial charge in [-0.1, -0.05) is 5.16 Å². The average Bonchev–Trinajstić information content (AvgIpc) is 3.17. The number of nitrogens with zero attached hydrogens (tertiary/aromatic N) is 5. The third-order valence-corrected chi connectivity index (χ3v) is 5.19. The molecule has 0 unspecified atom stereocenters.